The summed E-state index contributed by atoms with van der Waals surface area (Å²) in [7, 11) is 0. The lowest BCUT2D eigenvalue weighted by Crippen LogP contribution is -2.47. The quantitative estimate of drug-likeness (QED) is 0.487. The number of nitrogens with one attached hydrogen (secondary N) is 2. The van der Waals surface area contributed by atoms with Crippen molar-refractivity contribution >= 4 is 35.2 Å². The summed E-state index contributed by atoms with van der Waals surface area (Å²) >= 11 is 7.76. The topological polar surface area (TPSA) is 76.0 Å². The highest BCUT2D eigenvalue weighted by Gasteiger charge is 2.22. The average Bonchev–Trinajstić information content (AvgIpc) is 3.29. The second-order valence-electron chi connectivity index (χ2n) is 6.98. The van der Waals surface area contributed by atoms with Crippen molar-refractivity contribution in [2.45, 2.75) is 25.6 Å². The van der Waals surface area contributed by atoms with E-state index in [4.69, 9.17) is 11.6 Å². The van der Waals surface area contributed by atoms with Crippen LogP contribution < -0.4 is 10.6 Å². The van der Waals surface area contributed by atoms with E-state index in [0.717, 1.165) is 16.9 Å². The van der Waals surface area contributed by atoms with Gasteiger partial charge in [0.15, 0.2) is 0 Å². The molecular formula is C23H25ClN4O2S. The normalized spacial score (nSPS) is 11.7. The molecule has 6 nitrogen and oxygen atoms in total. The number of carbonyl (C=O) groups is 2. The van der Waals surface area contributed by atoms with E-state index < -0.39 is 6.04 Å². The van der Waals surface area contributed by atoms with E-state index >= 15 is 0 Å². The molecule has 3 aromatic rings. The fourth-order valence-electron chi connectivity index (χ4n) is 3.14. The Morgan fingerprint density at radius 3 is 2.55 bits per heavy atom. The largest absolute Gasteiger partial charge is 0.350 e. The molecule has 1 heterocycles. The van der Waals surface area contributed by atoms with Gasteiger partial charge in [-0.25, -0.2) is 0 Å². The molecule has 1 atom stereocenters. The van der Waals surface area contributed by atoms with Gasteiger partial charge in [-0.1, -0.05) is 48.0 Å². The predicted octanol–water partition coefficient (Wildman–Crippen LogP) is 3.75. The molecule has 2 N–H and O–H groups in total. The van der Waals surface area contributed by atoms with Crippen LogP contribution in [-0.2, 0) is 17.9 Å². The van der Waals surface area contributed by atoms with Gasteiger partial charge in [0, 0.05) is 18.9 Å². The van der Waals surface area contributed by atoms with Crippen LogP contribution in [0.15, 0.2) is 67.0 Å². The van der Waals surface area contributed by atoms with E-state index in [-0.39, 0.29) is 11.8 Å². The number of rotatable bonds is 10. The van der Waals surface area contributed by atoms with E-state index in [1.165, 1.54) is 0 Å². The van der Waals surface area contributed by atoms with E-state index in [0.29, 0.717) is 30.1 Å². The van der Waals surface area contributed by atoms with Gasteiger partial charge in [-0.05, 0) is 47.8 Å². The summed E-state index contributed by atoms with van der Waals surface area (Å²) in [5.74, 6) is 0.172. The van der Waals surface area contributed by atoms with Gasteiger partial charge in [0.05, 0.1) is 17.1 Å². The highest BCUT2D eigenvalue weighted by atomic mass is 35.5. The summed E-state index contributed by atoms with van der Waals surface area (Å²) < 4.78 is 1.84. The first-order valence-corrected chi connectivity index (χ1v) is 11.7. The van der Waals surface area contributed by atoms with Gasteiger partial charge in [0.2, 0.25) is 5.91 Å². The number of hydrogen-bond acceptors (Lipinski definition) is 4. The molecule has 0 saturated carbocycles. The zero-order valence-corrected chi connectivity index (χ0v) is 18.8. The van der Waals surface area contributed by atoms with Crippen LogP contribution in [0.2, 0.25) is 5.02 Å². The Labute approximate surface area is 191 Å². The molecule has 0 aliphatic carbocycles. The molecule has 0 bridgehead atoms. The number of amides is 2. The van der Waals surface area contributed by atoms with Crippen LogP contribution in [0.5, 0.6) is 0 Å². The minimum Gasteiger partial charge on any atom is -0.350 e. The molecule has 1 unspecified atom stereocenters. The first-order valence-electron chi connectivity index (χ1n) is 9.94. The molecule has 2 aromatic carbocycles. The second-order valence-corrected chi connectivity index (χ2v) is 8.37. The number of halogens is 1. The van der Waals surface area contributed by atoms with Crippen LogP contribution in [0.25, 0.3) is 0 Å². The maximum atomic E-state index is 12.9. The number of aromatic nitrogens is 2. The Hall–Kier alpha value is -2.77. The molecule has 0 aliphatic rings. The molecular weight excluding hydrogens is 432 g/mol. The molecule has 0 aliphatic heterocycles. The zero-order chi connectivity index (χ0) is 22.1. The third-order valence-electron chi connectivity index (χ3n) is 4.81. The first kappa shape index (κ1) is 22.9. The Kier molecular flexibility index (Phi) is 8.55. The molecule has 0 spiro atoms. The number of thioether (sulfide) groups is 1. The van der Waals surface area contributed by atoms with Crippen LogP contribution in [0.1, 0.15) is 27.9 Å². The summed E-state index contributed by atoms with van der Waals surface area (Å²) in [4.78, 5) is 25.6. The molecule has 0 fully saturated rings. The van der Waals surface area contributed by atoms with E-state index in [2.05, 4.69) is 15.7 Å². The van der Waals surface area contributed by atoms with Crippen molar-refractivity contribution in [2.24, 2.45) is 0 Å². The predicted molar refractivity (Wildman–Crippen MR) is 125 cm³/mol. The summed E-state index contributed by atoms with van der Waals surface area (Å²) in [5.41, 5.74) is 2.44. The van der Waals surface area contributed by atoms with E-state index in [1.54, 1.807) is 42.2 Å². The van der Waals surface area contributed by atoms with Crippen molar-refractivity contribution in [1.29, 1.82) is 0 Å². The number of carbonyl (C=O) groups excluding carboxylic acids is 2. The lowest BCUT2D eigenvalue weighted by atomic mass is 10.1. The van der Waals surface area contributed by atoms with Crippen LogP contribution in [0.4, 0.5) is 0 Å². The number of nitrogens with zero attached hydrogens (tertiary/aromatic N) is 2. The van der Waals surface area contributed by atoms with Gasteiger partial charge >= 0.3 is 0 Å². The average molecular weight is 457 g/mol. The highest BCUT2D eigenvalue weighted by molar-refractivity contribution is 7.98. The Balaban J connectivity index is 1.66. The van der Waals surface area contributed by atoms with Gasteiger partial charge < -0.3 is 10.6 Å². The molecule has 31 heavy (non-hydrogen) atoms. The third-order valence-corrected chi connectivity index (χ3v) is 5.79. The van der Waals surface area contributed by atoms with Crippen molar-refractivity contribution < 1.29 is 9.59 Å². The number of hydrogen-bond donors (Lipinski definition) is 2. The molecule has 0 radical (unpaired) electrons. The standard InChI is InChI=1S/C23H25ClN4O2S/c1-31-14-11-21(27-22(29)19-9-4-5-10-20(19)24)23(30)25-15-17-7-2-3-8-18(17)16-28-13-6-12-26-28/h2-10,12-13,21H,11,14-16H2,1H3,(H,25,30)(H,27,29). The van der Waals surface area contributed by atoms with Crippen molar-refractivity contribution in [3.05, 3.63) is 88.7 Å². The van der Waals surface area contributed by atoms with Gasteiger partial charge in [-0.3, -0.25) is 14.3 Å². The molecule has 8 heteroatoms. The van der Waals surface area contributed by atoms with Crippen molar-refractivity contribution in [3.8, 4) is 0 Å². The van der Waals surface area contributed by atoms with Crippen LogP contribution >= 0.6 is 23.4 Å². The summed E-state index contributed by atoms with van der Waals surface area (Å²) in [6.07, 6.45) is 6.13. The Morgan fingerprint density at radius 2 is 1.84 bits per heavy atom. The molecule has 2 amide bonds. The third kappa shape index (κ3) is 6.60. The summed E-state index contributed by atoms with van der Waals surface area (Å²) in [5, 5.41) is 10.4. The monoisotopic (exact) mass is 456 g/mol. The number of benzene rings is 2. The minimum atomic E-state index is -0.644. The summed E-state index contributed by atoms with van der Waals surface area (Å²) in [6, 6.07) is 16.0. The molecule has 3 rings (SSSR count). The fourth-order valence-corrected chi connectivity index (χ4v) is 3.84. The summed E-state index contributed by atoms with van der Waals surface area (Å²) in [6.45, 7) is 0.992. The lowest BCUT2D eigenvalue weighted by molar-refractivity contribution is -0.123. The fraction of sp³-hybridized carbons (Fsp3) is 0.261. The van der Waals surface area contributed by atoms with Crippen molar-refractivity contribution in [2.75, 3.05) is 12.0 Å². The smallest absolute Gasteiger partial charge is 0.253 e. The van der Waals surface area contributed by atoms with Crippen molar-refractivity contribution in [1.82, 2.24) is 20.4 Å². The Bertz CT molecular complexity index is 1010. The van der Waals surface area contributed by atoms with E-state index in [9.17, 15) is 9.59 Å². The van der Waals surface area contributed by atoms with Crippen LogP contribution in [0, 0.1) is 0 Å². The van der Waals surface area contributed by atoms with Crippen LogP contribution in [0.3, 0.4) is 0 Å². The second kappa shape index (κ2) is 11.6. The van der Waals surface area contributed by atoms with Crippen LogP contribution in [-0.4, -0.2) is 39.6 Å². The Morgan fingerprint density at radius 1 is 1.10 bits per heavy atom. The van der Waals surface area contributed by atoms with Gasteiger partial charge in [0.1, 0.15) is 6.04 Å². The molecule has 162 valence electrons. The first-order chi connectivity index (χ1) is 15.1. The zero-order valence-electron chi connectivity index (χ0n) is 17.3. The lowest BCUT2D eigenvalue weighted by Gasteiger charge is -2.19. The highest BCUT2D eigenvalue weighted by Crippen LogP contribution is 2.15. The SMILES string of the molecule is CSCCC(NC(=O)c1ccccc1Cl)C(=O)NCc1ccccc1Cn1cccn1. The maximum absolute atomic E-state index is 12.9. The molecule has 1 aromatic heterocycles. The minimum absolute atomic E-state index is 0.219. The van der Waals surface area contributed by atoms with Gasteiger partial charge in [-0.15, -0.1) is 0 Å². The molecule has 0 saturated heterocycles. The van der Waals surface area contributed by atoms with E-state index in [1.807, 2.05) is 47.5 Å². The maximum Gasteiger partial charge on any atom is 0.253 e. The van der Waals surface area contributed by atoms with Gasteiger partial charge in [-0.2, -0.15) is 16.9 Å². The van der Waals surface area contributed by atoms with Gasteiger partial charge in [0.25, 0.3) is 5.91 Å². The van der Waals surface area contributed by atoms with Crippen molar-refractivity contribution in [3.63, 3.8) is 0 Å².